The Kier molecular flexibility index (Phi) is 4.74. The van der Waals surface area contributed by atoms with Crippen molar-refractivity contribution in [2.75, 3.05) is 6.54 Å². The number of pyridine rings is 1. The Morgan fingerprint density at radius 1 is 0.963 bits per heavy atom. The minimum Gasteiger partial charge on any atom is -0.352 e. The molecule has 0 atom stereocenters. The van der Waals surface area contributed by atoms with Gasteiger partial charge in [-0.05, 0) is 36.4 Å². The van der Waals surface area contributed by atoms with Crippen molar-refractivity contribution in [1.29, 1.82) is 0 Å². The minimum atomic E-state index is -0.156. The molecule has 1 aromatic carbocycles. The maximum atomic E-state index is 12.3. The van der Waals surface area contributed by atoms with Gasteiger partial charge in [-0.2, -0.15) is 10.2 Å². The van der Waals surface area contributed by atoms with E-state index >= 15 is 0 Å². The molecule has 3 aromatic heterocycles. The molecule has 3 heterocycles. The number of hydrogen-bond acceptors (Lipinski definition) is 4. The number of hydrogen-bond donors (Lipinski definition) is 1. The fraction of sp³-hybridized carbons (Fsp3) is 0.100. The molecule has 4 rings (SSSR count). The quantitative estimate of drug-likeness (QED) is 0.574. The Labute approximate surface area is 156 Å². The molecule has 0 radical (unpaired) electrons. The molecule has 7 heteroatoms. The van der Waals surface area contributed by atoms with E-state index in [9.17, 15) is 4.79 Å². The molecule has 7 nitrogen and oxygen atoms in total. The lowest BCUT2D eigenvalue weighted by Crippen LogP contribution is -2.26. The topological polar surface area (TPSA) is 77.6 Å². The van der Waals surface area contributed by atoms with Gasteiger partial charge in [0.25, 0.3) is 5.91 Å². The van der Waals surface area contributed by atoms with Gasteiger partial charge in [0.05, 0.1) is 16.9 Å². The Balaban J connectivity index is 1.31. The molecule has 0 aliphatic carbocycles. The zero-order valence-electron chi connectivity index (χ0n) is 14.6. The van der Waals surface area contributed by atoms with Crippen LogP contribution in [0.2, 0.25) is 0 Å². The number of nitrogens with one attached hydrogen (secondary N) is 1. The Hall–Kier alpha value is -3.74. The fourth-order valence-electron chi connectivity index (χ4n) is 2.69. The molecule has 0 spiro atoms. The van der Waals surface area contributed by atoms with Crippen molar-refractivity contribution < 1.29 is 4.79 Å². The van der Waals surface area contributed by atoms with E-state index in [4.69, 9.17) is 0 Å². The number of nitrogens with zero attached hydrogens (tertiary/aromatic N) is 5. The second kappa shape index (κ2) is 7.65. The first-order valence-electron chi connectivity index (χ1n) is 8.64. The van der Waals surface area contributed by atoms with Gasteiger partial charge in [-0.15, -0.1) is 0 Å². The maximum Gasteiger partial charge on any atom is 0.252 e. The monoisotopic (exact) mass is 358 g/mol. The molecule has 1 amide bonds. The van der Waals surface area contributed by atoms with E-state index < -0.39 is 0 Å². The minimum absolute atomic E-state index is 0.156. The van der Waals surface area contributed by atoms with Crippen molar-refractivity contribution in [2.45, 2.75) is 6.42 Å². The summed E-state index contributed by atoms with van der Waals surface area (Å²) in [5, 5.41) is 11.5. The SMILES string of the molecule is O=C(NCCc1ccn(-c2ccccc2)n1)c1ccc(-n2cccn2)nc1. The zero-order chi connectivity index (χ0) is 18.5. The number of rotatable bonds is 6. The maximum absolute atomic E-state index is 12.3. The van der Waals surface area contributed by atoms with E-state index in [-0.39, 0.29) is 5.91 Å². The average molecular weight is 358 g/mol. The summed E-state index contributed by atoms with van der Waals surface area (Å²) in [5.41, 5.74) is 2.45. The van der Waals surface area contributed by atoms with Crippen LogP contribution >= 0.6 is 0 Å². The van der Waals surface area contributed by atoms with Crippen LogP contribution in [0.3, 0.4) is 0 Å². The molecular weight excluding hydrogens is 340 g/mol. The van der Waals surface area contributed by atoms with Crippen LogP contribution in [0.5, 0.6) is 0 Å². The van der Waals surface area contributed by atoms with Crippen LogP contribution in [0.4, 0.5) is 0 Å². The van der Waals surface area contributed by atoms with E-state index in [2.05, 4.69) is 20.5 Å². The Morgan fingerprint density at radius 2 is 1.85 bits per heavy atom. The standard InChI is InChI=1S/C20H18N6O/c27-20(16-7-8-19(22-15-16)26-13-4-11-23-26)21-12-9-17-10-14-25(24-17)18-5-2-1-3-6-18/h1-8,10-11,13-15H,9,12H2,(H,21,27). The summed E-state index contributed by atoms with van der Waals surface area (Å²) in [6, 6.07) is 17.2. The van der Waals surface area contributed by atoms with Crippen molar-refractivity contribution in [3.05, 3.63) is 90.6 Å². The molecule has 27 heavy (non-hydrogen) atoms. The average Bonchev–Trinajstić information content (AvgIpc) is 3.41. The highest BCUT2D eigenvalue weighted by molar-refractivity contribution is 5.93. The van der Waals surface area contributed by atoms with Gasteiger partial charge in [0.1, 0.15) is 0 Å². The smallest absolute Gasteiger partial charge is 0.252 e. The van der Waals surface area contributed by atoms with Crippen molar-refractivity contribution in [1.82, 2.24) is 29.9 Å². The summed E-state index contributed by atoms with van der Waals surface area (Å²) in [6.07, 6.45) is 7.61. The first-order chi connectivity index (χ1) is 13.3. The molecule has 0 saturated heterocycles. The van der Waals surface area contributed by atoms with Crippen LogP contribution in [0.1, 0.15) is 16.1 Å². The van der Waals surface area contributed by atoms with E-state index in [0.29, 0.717) is 24.3 Å². The number of aromatic nitrogens is 5. The van der Waals surface area contributed by atoms with Crippen LogP contribution < -0.4 is 5.32 Å². The molecule has 0 fully saturated rings. The second-order valence-corrected chi connectivity index (χ2v) is 5.95. The predicted molar refractivity (Wildman–Crippen MR) is 101 cm³/mol. The highest BCUT2D eigenvalue weighted by Gasteiger charge is 2.07. The molecule has 0 unspecified atom stereocenters. The van der Waals surface area contributed by atoms with Gasteiger partial charge in [0, 0.05) is 37.8 Å². The van der Waals surface area contributed by atoms with E-state index in [0.717, 1.165) is 11.4 Å². The van der Waals surface area contributed by atoms with Gasteiger partial charge < -0.3 is 5.32 Å². The highest BCUT2D eigenvalue weighted by atomic mass is 16.1. The zero-order valence-corrected chi connectivity index (χ0v) is 14.6. The van der Waals surface area contributed by atoms with Crippen molar-refractivity contribution in [3.63, 3.8) is 0 Å². The molecule has 0 aliphatic heterocycles. The fourth-order valence-corrected chi connectivity index (χ4v) is 2.69. The third kappa shape index (κ3) is 3.92. The van der Waals surface area contributed by atoms with Gasteiger partial charge >= 0.3 is 0 Å². The largest absolute Gasteiger partial charge is 0.352 e. The molecule has 1 N–H and O–H groups in total. The third-order valence-electron chi connectivity index (χ3n) is 4.08. The first-order valence-corrected chi connectivity index (χ1v) is 8.64. The van der Waals surface area contributed by atoms with Crippen LogP contribution in [0, 0.1) is 0 Å². The second-order valence-electron chi connectivity index (χ2n) is 5.95. The molecule has 0 bridgehead atoms. The lowest BCUT2D eigenvalue weighted by atomic mass is 10.2. The number of benzene rings is 1. The summed E-state index contributed by atoms with van der Waals surface area (Å²) < 4.78 is 3.47. The lowest BCUT2D eigenvalue weighted by Gasteiger charge is -2.05. The first kappa shape index (κ1) is 16.7. The van der Waals surface area contributed by atoms with Gasteiger partial charge in [-0.25, -0.2) is 14.3 Å². The highest BCUT2D eigenvalue weighted by Crippen LogP contribution is 2.07. The predicted octanol–water partition coefficient (Wildman–Crippen LogP) is 2.43. The third-order valence-corrected chi connectivity index (χ3v) is 4.08. The van der Waals surface area contributed by atoms with Gasteiger partial charge in [0.2, 0.25) is 0 Å². The van der Waals surface area contributed by atoms with Gasteiger partial charge in [-0.3, -0.25) is 4.79 Å². The van der Waals surface area contributed by atoms with Crippen molar-refractivity contribution in [2.24, 2.45) is 0 Å². The molecule has 0 saturated carbocycles. The molecule has 0 aliphatic rings. The van der Waals surface area contributed by atoms with Crippen LogP contribution in [-0.2, 0) is 6.42 Å². The number of carbonyl (C=O) groups excluding carboxylic acids is 1. The number of amides is 1. The summed E-state index contributed by atoms with van der Waals surface area (Å²) in [7, 11) is 0. The number of carbonyl (C=O) groups is 1. The molecule has 4 aromatic rings. The molecular formula is C20H18N6O. The van der Waals surface area contributed by atoms with E-state index in [1.807, 2.05) is 53.3 Å². The summed E-state index contributed by atoms with van der Waals surface area (Å²) in [4.78, 5) is 16.5. The van der Waals surface area contributed by atoms with Gasteiger partial charge in [0.15, 0.2) is 5.82 Å². The molecule has 134 valence electrons. The van der Waals surface area contributed by atoms with E-state index in [1.165, 1.54) is 0 Å². The van der Waals surface area contributed by atoms with Crippen molar-refractivity contribution >= 4 is 5.91 Å². The van der Waals surface area contributed by atoms with Crippen LogP contribution in [0.25, 0.3) is 11.5 Å². The summed E-state index contributed by atoms with van der Waals surface area (Å²) in [5.74, 6) is 0.514. The van der Waals surface area contributed by atoms with Crippen LogP contribution in [-0.4, -0.2) is 37.0 Å². The summed E-state index contributed by atoms with van der Waals surface area (Å²) >= 11 is 0. The van der Waals surface area contributed by atoms with E-state index in [1.54, 1.807) is 35.4 Å². The Morgan fingerprint density at radius 3 is 2.59 bits per heavy atom. The summed E-state index contributed by atoms with van der Waals surface area (Å²) in [6.45, 7) is 0.505. The normalized spacial score (nSPS) is 10.7. The Bertz CT molecular complexity index is 1010. The van der Waals surface area contributed by atoms with Gasteiger partial charge in [-0.1, -0.05) is 18.2 Å². The van der Waals surface area contributed by atoms with Crippen LogP contribution in [0.15, 0.2) is 79.4 Å². The number of para-hydroxylation sites is 1. The lowest BCUT2D eigenvalue weighted by molar-refractivity contribution is 0.0953. The van der Waals surface area contributed by atoms with Crippen molar-refractivity contribution in [3.8, 4) is 11.5 Å².